The van der Waals surface area contributed by atoms with Crippen molar-refractivity contribution in [2.75, 3.05) is 6.54 Å². The van der Waals surface area contributed by atoms with Gasteiger partial charge in [-0.25, -0.2) is 4.98 Å². The van der Waals surface area contributed by atoms with E-state index in [1.54, 1.807) is 5.38 Å². The van der Waals surface area contributed by atoms with Crippen molar-refractivity contribution in [3.63, 3.8) is 0 Å². The molecule has 2 aromatic rings. The van der Waals surface area contributed by atoms with Crippen molar-refractivity contribution in [3.8, 4) is 0 Å². The highest BCUT2D eigenvalue weighted by atomic mass is 35.5. The number of nitrogens with one attached hydrogen (secondary N) is 1. The number of carbonyl (C=O) groups is 1. The Bertz CT molecular complexity index is 614. The second-order valence-electron chi connectivity index (χ2n) is 4.84. The van der Waals surface area contributed by atoms with Crippen LogP contribution < -0.4 is 11.1 Å². The Kier molecular flexibility index (Phi) is 5.73. The lowest BCUT2D eigenvalue weighted by Gasteiger charge is -2.14. The summed E-state index contributed by atoms with van der Waals surface area (Å²) in [6.45, 7) is 2.49. The largest absolute Gasteiger partial charge is 0.348 e. The Morgan fingerprint density at radius 2 is 2.24 bits per heavy atom. The summed E-state index contributed by atoms with van der Waals surface area (Å²) in [5, 5.41) is 6.32. The van der Waals surface area contributed by atoms with Crippen LogP contribution in [0.2, 0.25) is 5.02 Å². The molecule has 1 amide bonds. The van der Waals surface area contributed by atoms with Gasteiger partial charge in [0, 0.05) is 22.9 Å². The molecule has 4 nitrogen and oxygen atoms in total. The van der Waals surface area contributed by atoms with Crippen LogP contribution in [0, 0.1) is 0 Å². The van der Waals surface area contributed by atoms with Gasteiger partial charge in [0.2, 0.25) is 0 Å². The van der Waals surface area contributed by atoms with E-state index in [4.69, 9.17) is 17.3 Å². The molecule has 0 bridgehead atoms. The molecule has 0 aliphatic carbocycles. The molecule has 0 spiro atoms. The van der Waals surface area contributed by atoms with Crippen LogP contribution in [0.1, 0.15) is 28.0 Å². The minimum Gasteiger partial charge on any atom is -0.348 e. The number of halogens is 1. The predicted molar refractivity (Wildman–Crippen MR) is 87.0 cm³/mol. The molecule has 1 aromatic carbocycles. The molecular weight excluding hydrogens is 306 g/mol. The summed E-state index contributed by atoms with van der Waals surface area (Å²) in [5.74, 6) is -0.158. The first-order valence-corrected chi connectivity index (χ1v) is 8.04. The lowest BCUT2D eigenvalue weighted by molar-refractivity contribution is 0.0935. The van der Waals surface area contributed by atoms with E-state index in [0.717, 1.165) is 15.6 Å². The third kappa shape index (κ3) is 4.52. The second kappa shape index (κ2) is 7.54. The third-order valence-corrected chi connectivity index (χ3v) is 4.28. The van der Waals surface area contributed by atoms with Gasteiger partial charge < -0.3 is 11.1 Å². The lowest BCUT2D eigenvalue weighted by Crippen LogP contribution is -2.34. The van der Waals surface area contributed by atoms with Crippen LogP contribution in [0.3, 0.4) is 0 Å². The number of carbonyl (C=O) groups excluding carboxylic acids is 1. The fourth-order valence-electron chi connectivity index (χ4n) is 2.00. The number of nitrogens with two attached hydrogens (primary N) is 1. The molecule has 0 saturated heterocycles. The molecule has 0 fully saturated rings. The number of rotatable bonds is 6. The zero-order chi connectivity index (χ0) is 15.2. The average molecular weight is 324 g/mol. The molecule has 112 valence electrons. The number of aromatic nitrogens is 1. The molecule has 1 unspecified atom stereocenters. The van der Waals surface area contributed by atoms with E-state index in [2.05, 4.69) is 10.3 Å². The van der Waals surface area contributed by atoms with Gasteiger partial charge in [-0.1, -0.05) is 29.8 Å². The van der Waals surface area contributed by atoms with Crippen molar-refractivity contribution in [3.05, 3.63) is 50.9 Å². The second-order valence-corrected chi connectivity index (χ2v) is 6.19. The fourth-order valence-corrected chi connectivity index (χ4v) is 3.00. The Balaban J connectivity index is 1.94. The zero-order valence-electron chi connectivity index (χ0n) is 11.8. The highest BCUT2D eigenvalue weighted by molar-refractivity contribution is 7.09. The standard InChI is InChI=1S/C15H18ClN3OS/c1-10(8-11-4-2-3-5-12(11)16)18-15(20)13-9-21-14(19-13)6-7-17/h2-5,9-10H,6-8,17H2,1H3,(H,18,20). The van der Waals surface area contributed by atoms with E-state index in [0.29, 0.717) is 25.1 Å². The molecule has 1 heterocycles. The van der Waals surface area contributed by atoms with Gasteiger partial charge in [-0.05, 0) is 31.5 Å². The molecule has 1 atom stereocenters. The third-order valence-electron chi connectivity index (χ3n) is 3.00. The number of thiazole rings is 1. The van der Waals surface area contributed by atoms with Gasteiger partial charge in [0.15, 0.2) is 0 Å². The smallest absolute Gasteiger partial charge is 0.270 e. The number of amides is 1. The van der Waals surface area contributed by atoms with Crippen molar-refractivity contribution in [2.45, 2.75) is 25.8 Å². The van der Waals surface area contributed by atoms with Crippen LogP contribution in [0.25, 0.3) is 0 Å². The van der Waals surface area contributed by atoms with Crippen LogP contribution in [0.5, 0.6) is 0 Å². The summed E-state index contributed by atoms with van der Waals surface area (Å²) in [7, 11) is 0. The summed E-state index contributed by atoms with van der Waals surface area (Å²) in [5.41, 5.74) is 6.96. The molecule has 0 aliphatic rings. The van der Waals surface area contributed by atoms with Crippen molar-refractivity contribution < 1.29 is 4.79 Å². The topological polar surface area (TPSA) is 68.0 Å². The minimum absolute atomic E-state index is 0.0166. The van der Waals surface area contributed by atoms with Crippen LogP contribution in [-0.4, -0.2) is 23.5 Å². The van der Waals surface area contributed by atoms with E-state index in [1.165, 1.54) is 11.3 Å². The number of nitrogens with zero attached hydrogens (tertiary/aromatic N) is 1. The minimum atomic E-state index is -0.158. The maximum Gasteiger partial charge on any atom is 0.270 e. The molecular formula is C15H18ClN3OS. The number of benzene rings is 1. The van der Waals surface area contributed by atoms with E-state index < -0.39 is 0 Å². The lowest BCUT2D eigenvalue weighted by atomic mass is 10.1. The Morgan fingerprint density at radius 1 is 1.48 bits per heavy atom. The fraction of sp³-hybridized carbons (Fsp3) is 0.333. The van der Waals surface area contributed by atoms with Gasteiger partial charge in [0.25, 0.3) is 5.91 Å². The monoisotopic (exact) mass is 323 g/mol. The van der Waals surface area contributed by atoms with E-state index in [9.17, 15) is 4.79 Å². The predicted octanol–water partition coefficient (Wildman–Crippen LogP) is 2.66. The van der Waals surface area contributed by atoms with E-state index in [1.807, 2.05) is 31.2 Å². The van der Waals surface area contributed by atoms with Gasteiger partial charge in [0.05, 0.1) is 5.01 Å². The van der Waals surface area contributed by atoms with Gasteiger partial charge >= 0.3 is 0 Å². The Hall–Kier alpha value is -1.43. The van der Waals surface area contributed by atoms with Crippen LogP contribution in [0.15, 0.2) is 29.6 Å². The Morgan fingerprint density at radius 3 is 2.95 bits per heavy atom. The molecule has 6 heteroatoms. The van der Waals surface area contributed by atoms with Gasteiger partial charge in [-0.3, -0.25) is 4.79 Å². The van der Waals surface area contributed by atoms with Crippen molar-refractivity contribution in [1.29, 1.82) is 0 Å². The molecule has 0 radical (unpaired) electrons. The molecule has 1 aromatic heterocycles. The molecule has 2 rings (SSSR count). The first-order chi connectivity index (χ1) is 10.1. The first-order valence-electron chi connectivity index (χ1n) is 6.79. The summed E-state index contributed by atoms with van der Waals surface area (Å²) in [4.78, 5) is 16.4. The molecule has 0 saturated carbocycles. The Labute approximate surface area is 133 Å². The van der Waals surface area contributed by atoms with Crippen LogP contribution >= 0.6 is 22.9 Å². The van der Waals surface area contributed by atoms with Crippen molar-refractivity contribution in [2.24, 2.45) is 5.73 Å². The summed E-state index contributed by atoms with van der Waals surface area (Å²) in [6.07, 6.45) is 1.39. The van der Waals surface area contributed by atoms with Crippen LogP contribution in [-0.2, 0) is 12.8 Å². The number of hydrogen-bond acceptors (Lipinski definition) is 4. The zero-order valence-corrected chi connectivity index (χ0v) is 13.4. The average Bonchev–Trinajstić information content (AvgIpc) is 2.90. The summed E-state index contributed by atoms with van der Waals surface area (Å²) >= 11 is 7.59. The summed E-state index contributed by atoms with van der Waals surface area (Å²) in [6, 6.07) is 7.63. The maximum absolute atomic E-state index is 12.1. The van der Waals surface area contributed by atoms with Gasteiger partial charge in [0.1, 0.15) is 5.69 Å². The molecule has 21 heavy (non-hydrogen) atoms. The van der Waals surface area contributed by atoms with Crippen molar-refractivity contribution in [1.82, 2.24) is 10.3 Å². The highest BCUT2D eigenvalue weighted by Gasteiger charge is 2.14. The van der Waals surface area contributed by atoms with E-state index in [-0.39, 0.29) is 11.9 Å². The highest BCUT2D eigenvalue weighted by Crippen LogP contribution is 2.17. The van der Waals surface area contributed by atoms with Crippen molar-refractivity contribution >= 4 is 28.8 Å². The van der Waals surface area contributed by atoms with Gasteiger partial charge in [-0.15, -0.1) is 11.3 Å². The first kappa shape index (κ1) is 15.9. The number of hydrogen-bond donors (Lipinski definition) is 2. The maximum atomic E-state index is 12.1. The molecule has 0 aliphatic heterocycles. The van der Waals surface area contributed by atoms with Crippen LogP contribution in [0.4, 0.5) is 0 Å². The van der Waals surface area contributed by atoms with Gasteiger partial charge in [-0.2, -0.15) is 0 Å². The summed E-state index contributed by atoms with van der Waals surface area (Å²) < 4.78 is 0. The molecule has 3 N–H and O–H groups in total. The van der Waals surface area contributed by atoms with E-state index >= 15 is 0 Å². The normalized spacial score (nSPS) is 12.1. The SMILES string of the molecule is CC(Cc1ccccc1Cl)NC(=O)c1csc(CCN)n1. The quantitative estimate of drug-likeness (QED) is 0.858.